The number of hydrogen-bond donors (Lipinski definition) is 2. The van der Waals surface area contributed by atoms with E-state index in [9.17, 15) is 5.11 Å². The fraction of sp³-hybridized carbons (Fsp3) is 0.250. The maximum absolute atomic E-state index is 10.4. The summed E-state index contributed by atoms with van der Waals surface area (Å²) in [6, 6.07) is 5.46. The van der Waals surface area contributed by atoms with Crippen LogP contribution in [0.3, 0.4) is 0 Å². The van der Waals surface area contributed by atoms with Gasteiger partial charge in [0.1, 0.15) is 5.75 Å². The lowest BCUT2D eigenvalue weighted by atomic mass is 9.89. The van der Waals surface area contributed by atoms with Gasteiger partial charge in [0.15, 0.2) is 0 Å². The Kier molecular flexibility index (Phi) is 4.50. The summed E-state index contributed by atoms with van der Waals surface area (Å²) in [6.07, 6.45) is 10.8. The highest BCUT2D eigenvalue weighted by Crippen LogP contribution is 2.31. The Bertz CT molecular complexity index is 896. The normalized spacial score (nSPS) is 15.1. The molecule has 0 amide bonds. The number of benzene rings is 1. The number of aromatic hydroxyl groups is 1. The average Bonchev–Trinajstić information content (AvgIpc) is 3.23. The van der Waals surface area contributed by atoms with Crippen LogP contribution in [-0.2, 0) is 0 Å². The monoisotopic (exact) mass is 347 g/mol. The van der Waals surface area contributed by atoms with Gasteiger partial charge in [0.25, 0.3) is 0 Å². The molecule has 6 heteroatoms. The molecular weight excluding hydrogens is 326 g/mol. The standard InChI is InChI=1S/C20H21N5O/c1-14(15-4-6-21-7-5-15)18-11-24-19(12-23-18)17-3-2-16(10-20(17)26)25-9-8-22-13-25/h2-3,8-13,15,21,26H,1,4-7H2. The Morgan fingerprint density at radius 2 is 2.04 bits per heavy atom. The van der Waals surface area contributed by atoms with E-state index in [-0.39, 0.29) is 5.75 Å². The third-order valence-electron chi connectivity index (χ3n) is 4.87. The predicted molar refractivity (Wildman–Crippen MR) is 101 cm³/mol. The molecular formula is C20H21N5O. The van der Waals surface area contributed by atoms with Crippen LogP contribution in [0.1, 0.15) is 18.5 Å². The second-order valence-electron chi connectivity index (χ2n) is 6.51. The first-order valence-corrected chi connectivity index (χ1v) is 8.76. The lowest BCUT2D eigenvalue weighted by Gasteiger charge is -2.24. The van der Waals surface area contributed by atoms with E-state index in [0.29, 0.717) is 17.2 Å². The zero-order valence-electron chi connectivity index (χ0n) is 14.5. The summed E-state index contributed by atoms with van der Waals surface area (Å²) in [5, 5.41) is 13.8. The Hall–Kier alpha value is -2.99. The van der Waals surface area contributed by atoms with Crippen molar-refractivity contribution >= 4 is 5.57 Å². The molecule has 0 aliphatic carbocycles. The zero-order chi connectivity index (χ0) is 17.9. The van der Waals surface area contributed by atoms with Crippen LogP contribution < -0.4 is 5.32 Å². The zero-order valence-corrected chi connectivity index (χ0v) is 14.5. The van der Waals surface area contributed by atoms with E-state index in [2.05, 4.69) is 26.8 Å². The van der Waals surface area contributed by atoms with Crippen molar-refractivity contribution in [2.45, 2.75) is 12.8 Å². The molecule has 4 rings (SSSR count). The lowest BCUT2D eigenvalue weighted by Crippen LogP contribution is -2.28. The van der Waals surface area contributed by atoms with Crippen LogP contribution in [0.4, 0.5) is 0 Å². The number of phenolic OH excluding ortho intramolecular Hbond substituents is 1. The van der Waals surface area contributed by atoms with Crippen molar-refractivity contribution in [3.05, 3.63) is 61.6 Å². The summed E-state index contributed by atoms with van der Waals surface area (Å²) in [4.78, 5) is 13.1. The number of piperidine rings is 1. The summed E-state index contributed by atoms with van der Waals surface area (Å²) in [6.45, 7) is 6.26. The second-order valence-corrected chi connectivity index (χ2v) is 6.51. The molecule has 0 unspecified atom stereocenters. The molecule has 1 aromatic carbocycles. The van der Waals surface area contributed by atoms with E-state index in [1.807, 2.05) is 22.9 Å². The number of imidazole rings is 1. The largest absolute Gasteiger partial charge is 0.507 e. The van der Waals surface area contributed by atoms with Crippen LogP contribution in [0.2, 0.25) is 0 Å². The number of hydrogen-bond acceptors (Lipinski definition) is 5. The van der Waals surface area contributed by atoms with Gasteiger partial charge in [0, 0.05) is 24.0 Å². The molecule has 6 nitrogen and oxygen atoms in total. The van der Waals surface area contributed by atoms with Crippen molar-refractivity contribution in [3.8, 4) is 22.7 Å². The minimum atomic E-state index is 0.162. The van der Waals surface area contributed by atoms with E-state index in [1.54, 1.807) is 31.0 Å². The molecule has 0 radical (unpaired) electrons. The Labute approximate surface area is 152 Å². The topological polar surface area (TPSA) is 75.9 Å². The van der Waals surface area contributed by atoms with Gasteiger partial charge in [-0.05, 0) is 49.6 Å². The fourth-order valence-corrected chi connectivity index (χ4v) is 3.32. The molecule has 1 aliphatic rings. The highest BCUT2D eigenvalue weighted by atomic mass is 16.3. The van der Waals surface area contributed by atoms with Crippen molar-refractivity contribution in [3.63, 3.8) is 0 Å². The summed E-state index contributed by atoms with van der Waals surface area (Å²) in [7, 11) is 0. The van der Waals surface area contributed by atoms with Crippen LogP contribution in [0, 0.1) is 5.92 Å². The van der Waals surface area contributed by atoms with Crippen molar-refractivity contribution in [1.29, 1.82) is 0 Å². The SMILES string of the molecule is C=C(c1cnc(-c2ccc(-n3ccnc3)cc2O)cn1)C1CCNCC1. The van der Waals surface area contributed by atoms with Gasteiger partial charge in [-0.25, -0.2) is 4.98 Å². The molecule has 3 heterocycles. The van der Waals surface area contributed by atoms with E-state index in [1.165, 1.54) is 0 Å². The molecule has 1 saturated heterocycles. The molecule has 2 N–H and O–H groups in total. The Morgan fingerprint density at radius 1 is 1.19 bits per heavy atom. The first kappa shape index (κ1) is 16.5. The van der Waals surface area contributed by atoms with E-state index >= 15 is 0 Å². The maximum atomic E-state index is 10.4. The first-order chi connectivity index (χ1) is 12.7. The van der Waals surface area contributed by atoms with Gasteiger partial charge in [-0.15, -0.1) is 0 Å². The molecule has 2 aromatic heterocycles. The highest BCUT2D eigenvalue weighted by molar-refractivity contribution is 5.69. The van der Waals surface area contributed by atoms with Crippen LogP contribution in [0.5, 0.6) is 5.75 Å². The van der Waals surface area contributed by atoms with E-state index < -0.39 is 0 Å². The van der Waals surface area contributed by atoms with Crippen molar-refractivity contribution in [2.75, 3.05) is 13.1 Å². The number of rotatable bonds is 4. The molecule has 0 saturated carbocycles. The molecule has 132 valence electrons. The van der Waals surface area contributed by atoms with Gasteiger partial charge in [0.2, 0.25) is 0 Å². The van der Waals surface area contributed by atoms with Crippen molar-refractivity contribution in [2.24, 2.45) is 5.92 Å². The number of nitrogens with zero attached hydrogens (tertiary/aromatic N) is 4. The van der Waals surface area contributed by atoms with Crippen molar-refractivity contribution < 1.29 is 5.11 Å². The minimum Gasteiger partial charge on any atom is -0.507 e. The number of allylic oxidation sites excluding steroid dienone is 1. The molecule has 3 aromatic rings. The average molecular weight is 347 g/mol. The second kappa shape index (κ2) is 7.09. The molecule has 0 bridgehead atoms. The first-order valence-electron chi connectivity index (χ1n) is 8.76. The van der Waals surface area contributed by atoms with Crippen LogP contribution >= 0.6 is 0 Å². The van der Waals surface area contributed by atoms with Gasteiger partial charge in [-0.3, -0.25) is 9.97 Å². The van der Waals surface area contributed by atoms with Crippen LogP contribution in [0.15, 0.2) is 55.9 Å². The third-order valence-corrected chi connectivity index (χ3v) is 4.87. The quantitative estimate of drug-likeness (QED) is 0.759. The van der Waals surface area contributed by atoms with E-state index in [4.69, 9.17) is 0 Å². The predicted octanol–water partition coefficient (Wildman–Crippen LogP) is 3.05. The van der Waals surface area contributed by atoms with Crippen molar-refractivity contribution in [1.82, 2.24) is 24.8 Å². The molecule has 26 heavy (non-hydrogen) atoms. The lowest BCUT2D eigenvalue weighted by molar-refractivity contribution is 0.446. The smallest absolute Gasteiger partial charge is 0.127 e. The summed E-state index contributed by atoms with van der Waals surface area (Å²) in [5.74, 6) is 0.620. The minimum absolute atomic E-state index is 0.162. The summed E-state index contributed by atoms with van der Waals surface area (Å²) >= 11 is 0. The highest BCUT2D eigenvalue weighted by Gasteiger charge is 2.18. The maximum Gasteiger partial charge on any atom is 0.127 e. The molecule has 0 spiro atoms. The third kappa shape index (κ3) is 3.23. The Balaban J connectivity index is 1.56. The molecule has 1 aliphatic heterocycles. The summed E-state index contributed by atoms with van der Waals surface area (Å²) in [5.41, 5.74) is 4.01. The summed E-state index contributed by atoms with van der Waals surface area (Å²) < 4.78 is 1.83. The van der Waals surface area contributed by atoms with Gasteiger partial charge < -0.3 is 15.0 Å². The van der Waals surface area contributed by atoms with Gasteiger partial charge in [-0.1, -0.05) is 6.58 Å². The molecule has 0 atom stereocenters. The van der Waals surface area contributed by atoms with Gasteiger partial charge >= 0.3 is 0 Å². The van der Waals surface area contributed by atoms with Gasteiger partial charge in [-0.2, -0.15) is 0 Å². The number of aromatic nitrogens is 4. The molecule has 1 fully saturated rings. The van der Waals surface area contributed by atoms with Gasteiger partial charge in [0.05, 0.1) is 35.8 Å². The Morgan fingerprint density at radius 3 is 2.69 bits per heavy atom. The van der Waals surface area contributed by atoms with E-state index in [0.717, 1.165) is 42.9 Å². The number of nitrogens with one attached hydrogen (secondary N) is 1. The van der Waals surface area contributed by atoms with Crippen LogP contribution in [0.25, 0.3) is 22.5 Å². The number of phenols is 1. The van der Waals surface area contributed by atoms with Crippen LogP contribution in [-0.4, -0.2) is 37.7 Å². The fourth-order valence-electron chi connectivity index (χ4n) is 3.32.